The molecule has 0 heterocycles. The van der Waals surface area contributed by atoms with Crippen molar-refractivity contribution in [3.8, 4) is 0 Å². The quantitative estimate of drug-likeness (QED) is 0.600. The van der Waals surface area contributed by atoms with Crippen molar-refractivity contribution in [2.75, 3.05) is 0 Å². The van der Waals surface area contributed by atoms with E-state index in [1.165, 1.54) is 36.3 Å². The molecule has 2 fully saturated rings. The summed E-state index contributed by atoms with van der Waals surface area (Å²) in [6.07, 6.45) is 8.79. The fraction of sp³-hybridized carbons (Fsp3) is 0.769. The molecule has 0 aromatic carbocycles. The van der Waals surface area contributed by atoms with Gasteiger partial charge in [-0.25, -0.2) is 0 Å². The van der Waals surface area contributed by atoms with Crippen molar-refractivity contribution >= 4 is 34.1 Å². The van der Waals surface area contributed by atoms with E-state index in [1.54, 1.807) is 0 Å². The van der Waals surface area contributed by atoms with Crippen LogP contribution >= 0.6 is 17.7 Å². The molecule has 0 bridgehead atoms. The van der Waals surface area contributed by atoms with Gasteiger partial charge in [0.2, 0.25) is 0 Å². The maximum atomic E-state index is 10.6. The van der Waals surface area contributed by atoms with Crippen LogP contribution in [0.2, 0.25) is 0 Å². The second kappa shape index (κ2) is 7.36. The minimum Gasteiger partial charge on any atom is -0.300 e. The van der Waals surface area contributed by atoms with Gasteiger partial charge in [0.1, 0.15) is 5.78 Å². The summed E-state index contributed by atoms with van der Waals surface area (Å²) < 4.78 is 0. The lowest BCUT2D eigenvalue weighted by molar-refractivity contribution is -0.119. The topological polar surface area (TPSA) is 17.1 Å². The molecule has 2 saturated carbocycles. The van der Waals surface area contributed by atoms with E-state index < -0.39 is 0 Å². The zero-order chi connectivity index (χ0) is 12.0. The summed E-state index contributed by atoms with van der Waals surface area (Å²) >= 11 is 0. The van der Waals surface area contributed by atoms with Crippen molar-refractivity contribution in [1.82, 2.24) is 0 Å². The van der Waals surface area contributed by atoms with E-state index in [9.17, 15) is 4.79 Å². The lowest BCUT2D eigenvalue weighted by Gasteiger charge is -2.17. The Morgan fingerprint density at radius 1 is 0.875 bits per heavy atom. The third kappa shape index (κ3) is 5.92. The van der Waals surface area contributed by atoms with E-state index >= 15 is 0 Å². The van der Waals surface area contributed by atoms with Gasteiger partial charge in [0.05, 0.1) is 0 Å². The summed E-state index contributed by atoms with van der Waals surface area (Å²) in [5.41, 5.74) is 0. The van der Waals surface area contributed by atoms with Gasteiger partial charge in [0, 0.05) is 12.8 Å². The second-order valence-corrected chi connectivity index (χ2v) is 6.34. The number of carbonyl (C=O) groups is 1. The largest absolute Gasteiger partial charge is 0.300 e. The van der Waals surface area contributed by atoms with Crippen LogP contribution in [0.3, 0.4) is 0 Å². The first kappa shape index (κ1) is 14.1. The molecule has 2 aliphatic carbocycles. The highest BCUT2D eigenvalue weighted by Gasteiger charge is 2.10. The van der Waals surface area contributed by atoms with Gasteiger partial charge in [-0.3, -0.25) is 4.79 Å². The Hall–Kier alpha value is 0.01000. The highest BCUT2D eigenvalue weighted by molar-refractivity contribution is 7.21. The summed E-state index contributed by atoms with van der Waals surface area (Å²) in [4.78, 5) is 10.6. The number of rotatable bonds is 0. The van der Waals surface area contributed by atoms with E-state index in [-0.39, 0.29) is 0 Å². The molecule has 90 valence electrons. The van der Waals surface area contributed by atoms with Crippen LogP contribution in [0.4, 0.5) is 0 Å². The summed E-state index contributed by atoms with van der Waals surface area (Å²) in [5.74, 6) is 1.38. The van der Waals surface area contributed by atoms with Crippen LogP contribution in [-0.2, 0) is 4.79 Å². The van der Waals surface area contributed by atoms with Gasteiger partial charge in [0.25, 0.3) is 0 Å². The van der Waals surface area contributed by atoms with Crippen LogP contribution in [0.5, 0.6) is 0 Å². The standard InChI is InChI=1S/C7H13P.C6H9OP/c1-6-2-4-7(8)5-3-6;7-5-1-3-6(8)4-2-5/h6,8H,2-5H2,1H3;8H,1-4H2. The van der Waals surface area contributed by atoms with E-state index in [0.717, 1.165) is 31.6 Å². The molecular weight excluding hydrogens is 234 g/mol. The minimum atomic E-state index is 0.409. The highest BCUT2D eigenvalue weighted by atomic mass is 31.0. The van der Waals surface area contributed by atoms with Gasteiger partial charge in [-0.1, -0.05) is 12.2 Å². The van der Waals surface area contributed by atoms with E-state index in [0.29, 0.717) is 5.78 Å². The van der Waals surface area contributed by atoms with Crippen LogP contribution in [0.25, 0.3) is 0 Å². The predicted octanol–water partition coefficient (Wildman–Crippen LogP) is 3.96. The van der Waals surface area contributed by atoms with Gasteiger partial charge in [-0.15, -0.1) is 17.7 Å². The summed E-state index contributed by atoms with van der Waals surface area (Å²) in [6.45, 7) is 2.33. The number of hydrogen-bond acceptors (Lipinski definition) is 1. The summed E-state index contributed by atoms with van der Waals surface area (Å²) in [5, 5.41) is 2.81. The molecule has 2 rings (SSSR count). The Kier molecular flexibility index (Phi) is 6.47. The lowest BCUT2D eigenvalue weighted by Crippen LogP contribution is -2.10. The minimum absolute atomic E-state index is 0.409. The average Bonchev–Trinajstić information content (AvgIpc) is 2.28. The molecule has 2 aliphatic rings. The molecular formula is C13H22OP2. The summed E-state index contributed by atoms with van der Waals surface area (Å²) in [7, 11) is 7.00. The lowest BCUT2D eigenvalue weighted by atomic mass is 9.91. The second-order valence-electron chi connectivity index (χ2n) is 4.93. The van der Waals surface area contributed by atoms with Crippen LogP contribution in [0, 0.1) is 5.92 Å². The number of carbonyl (C=O) groups excluding carboxylic acids is 1. The third-order valence-electron chi connectivity index (χ3n) is 3.29. The van der Waals surface area contributed by atoms with Crippen LogP contribution in [0.1, 0.15) is 58.3 Å². The maximum absolute atomic E-state index is 10.6. The fourth-order valence-electron chi connectivity index (χ4n) is 1.94. The highest BCUT2D eigenvalue weighted by Crippen LogP contribution is 2.21. The normalized spacial score (nSPS) is 26.1. The molecule has 1 nitrogen and oxygen atoms in total. The number of hydrogen-bond donors (Lipinski definition) is 0. The Balaban J connectivity index is 0.000000160. The molecule has 0 atom stereocenters. The molecule has 0 saturated heterocycles. The zero-order valence-electron chi connectivity index (χ0n) is 10.1. The Labute approximate surface area is 103 Å². The number of ketones is 1. The maximum Gasteiger partial charge on any atom is 0.133 e. The Morgan fingerprint density at radius 2 is 1.31 bits per heavy atom. The SMILES string of the molecule is CC1CCC(=P)CC1.O=C1CCC(=P)CC1. The molecule has 0 spiro atoms. The molecule has 0 aromatic rings. The molecule has 3 heteroatoms. The summed E-state index contributed by atoms with van der Waals surface area (Å²) in [6, 6.07) is 0. The van der Waals surface area contributed by atoms with Gasteiger partial charge in [-0.2, -0.15) is 0 Å². The van der Waals surface area contributed by atoms with Crippen molar-refractivity contribution in [3.05, 3.63) is 0 Å². The molecule has 0 aliphatic heterocycles. The van der Waals surface area contributed by atoms with Gasteiger partial charge < -0.3 is 0 Å². The van der Waals surface area contributed by atoms with E-state index in [4.69, 9.17) is 0 Å². The van der Waals surface area contributed by atoms with Gasteiger partial charge in [-0.05, 0) is 49.7 Å². The van der Waals surface area contributed by atoms with Crippen molar-refractivity contribution in [1.29, 1.82) is 0 Å². The number of Topliss-reactive ketones (excluding diaryl/α,β-unsaturated/α-hetero) is 1. The van der Waals surface area contributed by atoms with Gasteiger partial charge >= 0.3 is 0 Å². The smallest absolute Gasteiger partial charge is 0.133 e. The Bertz CT molecular complexity index is 246. The third-order valence-corrected chi connectivity index (χ3v) is 4.29. The molecule has 0 aromatic heterocycles. The molecule has 0 radical (unpaired) electrons. The zero-order valence-corrected chi connectivity index (χ0v) is 12.1. The van der Waals surface area contributed by atoms with Crippen LogP contribution < -0.4 is 0 Å². The first-order chi connectivity index (χ1) is 7.58. The van der Waals surface area contributed by atoms with E-state index in [2.05, 4.69) is 24.7 Å². The van der Waals surface area contributed by atoms with E-state index in [1.807, 2.05) is 0 Å². The first-order valence-corrected chi connectivity index (χ1v) is 7.22. The van der Waals surface area contributed by atoms with Crippen LogP contribution in [0.15, 0.2) is 0 Å². The van der Waals surface area contributed by atoms with Gasteiger partial charge in [0.15, 0.2) is 0 Å². The van der Waals surface area contributed by atoms with Crippen molar-refractivity contribution < 1.29 is 4.79 Å². The van der Waals surface area contributed by atoms with Crippen molar-refractivity contribution in [3.63, 3.8) is 0 Å². The molecule has 0 amide bonds. The fourth-order valence-corrected chi connectivity index (χ4v) is 2.48. The molecule has 16 heavy (non-hydrogen) atoms. The van der Waals surface area contributed by atoms with Crippen molar-refractivity contribution in [2.24, 2.45) is 5.92 Å². The predicted molar refractivity (Wildman–Crippen MR) is 77.8 cm³/mol. The first-order valence-electron chi connectivity index (χ1n) is 6.22. The monoisotopic (exact) mass is 256 g/mol. The Morgan fingerprint density at radius 3 is 1.69 bits per heavy atom. The van der Waals surface area contributed by atoms with Crippen LogP contribution in [-0.4, -0.2) is 16.4 Å². The molecule has 0 unspecified atom stereocenters. The average molecular weight is 256 g/mol. The molecule has 0 N–H and O–H groups in total. The van der Waals surface area contributed by atoms with Crippen molar-refractivity contribution in [2.45, 2.75) is 58.3 Å².